The lowest BCUT2D eigenvalue weighted by Crippen LogP contribution is -2.55. The summed E-state index contributed by atoms with van der Waals surface area (Å²) in [6.07, 6.45) is 4.66. The Kier molecular flexibility index (Phi) is 3.03. The minimum atomic E-state index is -0.0699. The average molecular weight is 250 g/mol. The van der Waals surface area contributed by atoms with Crippen LogP contribution < -0.4 is 0 Å². The molecule has 2 unspecified atom stereocenters. The van der Waals surface area contributed by atoms with Crippen LogP contribution in [0.4, 0.5) is 0 Å². The molecule has 3 rings (SSSR count). The second kappa shape index (κ2) is 4.68. The van der Waals surface area contributed by atoms with Crippen LogP contribution in [-0.2, 0) is 4.74 Å². The predicted octanol–water partition coefficient (Wildman–Crippen LogP) is 0.897. The fourth-order valence-electron chi connectivity index (χ4n) is 2.92. The summed E-state index contributed by atoms with van der Waals surface area (Å²) in [4.78, 5) is 18.4. The maximum Gasteiger partial charge on any atom is 0.293 e. The second-order valence-corrected chi connectivity index (χ2v) is 5.00. The van der Waals surface area contributed by atoms with Gasteiger partial charge in [-0.3, -0.25) is 9.89 Å². The number of fused-ring (bicyclic) bond motifs is 1. The number of nitrogens with one attached hydrogen (secondary N) is 1. The van der Waals surface area contributed by atoms with Crippen molar-refractivity contribution < 1.29 is 9.53 Å². The van der Waals surface area contributed by atoms with Crippen molar-refractivity contribution in [2.45, 2.75) is 44.8 Å². The van der Waals surface area contributed by atoms with Gasteiger partial charge in [0.1, 0.15) is 5.82 Å². The van der Waals surface area contributed by atoms with Crippen LogP contribution >= 0.6 is 0 Å². The highest BCUT2D eigenvalue weighted by molar-refractivity contribution is 5.90. The van der Waals surface area contributed by atoms with Crippen molar-refractivity contribution in [1.82, 2.24) is 20.1 Å². The van der Waals surface area contributed by atoms with Crippen molar-refractivity contribution in [1.29, 1.82) is 0 Å². The van der Waals surface area contributed by atoms with Crippen LogP contribution in [0.2, 0.25) is 0 Å². The summed E-state index contributed by atoms with van der Waals surface area (Å²) in [5.74, 6) is 0.880. The van der Waals surface area contributed by atoms with Gasteiger partial charge in [0.25, 0.3) is 5.91 Å². The second-order valence-electron chi connectivity index (χ2n) is 5.00. The van der Waals surface area contributed by atoms with E-state index in [9.17, 15) is 4.79 Å². The monoisotopic (exact) mass is 250 g/mol. The SMILES string of the molecule is Cc1nc(C(=O)N2CCOC3CCCCC32)n[nH]1. The summed E-state index contributed by atoms with van der Waals surface area (Å²) >= 11 is 0. The summed E-state index contributed by atoms with van der Waals surface area (Å²) in [6.45, 7) is 3.07. The highest BCUT2D eigenvalue weighted by atomic mass is 16.5. The number of carbonyl (C=O) groups is 1. The fourth-order valence-corrected chi connectivity index (χ4v) is 2.92. The number of rotatable bonds is 1. The molecule has 0 radical (unpaired) electrons. The van der Waals surface area contributed by atoms with E-state index in [1.807, 2.05) is 4.90 Å². The maximum absolute atomic E-state index is 12.4. The van der Waals surface area contributed by atoms with Crippen LogP contribution in [-0.4, -0.2) is 51.3 Å². The molecule has 18 heavy (non-hydrogen) atoms. The number of nitrogens with zero attached hydrogens (tertiary/aromatic N) is 3. The fraction of sp³-hybridized carbons (Fsp3) is 0.750. The van der Waals surface area contributed by atoms with Crippen LogP contribution in [0.5, 0.6) is 0 Å². The molecule has 1 N–H and O–H groups in total. The molecule has 0 aromatic carbocycles. The standard InChI is InChI=1S/C12H18N4O2/c1-8-13-11(15-14-8)12(17)16-6-7-18-10-5-3-2-4-9(10)16/h9-10H,2-7H2,1H3,(H,13,14,15). The summed E-state index contributed by atoms with van der Waals surface area (Å²) < 4.78 is 5.76. The van der Waals surface area contributed by atoms with Crippen molar-refractivity contribution in [2.24, 2.45) is 0 Å². The zero-order chi connectivity index (χ0) is 12.5. The van der Waals surface area contributed by atoms with Gasteiger partial charge >= 0.3 is 0 Å². The number of morpholine rings is 1. The molecule has 1 saturated heterocycles. The van der Waals surface area contributed by atoms with Gasteiger partial charge in [0.05, 0.1) is 18.8 Å². The van der Waals surface area contributed by atoms with Gasteiger partial charge in [0.2, 0.25) is 5.82 Å². The minimum absolute atomic E-state index is 0.0699. The number of aryl methyl sites for hydroxylation is 1. The summed E-state index contributed by atoms with van der Waals surface area (Å²) in [5.41, 5.74) is 0. The molecule has 1 aliphatic heterocycles. The van der Waals surface area contributed by atoms with Gasteiger partial charge in [-0.15, -0.1) is 5.10 Å². The molecule has 98 valence electrons. The van der Waals surface area contributed by atoms with Crippen molar-refractivity contribution >= 4 is 5.91 Å². The summed E-state index contributed by atoms with van der Waals surface area (Å²) in [5, 5.41) is 6.68. The Morgan fingerprint density at radius 1 is 1.44 bits per heavy atom. The van der Waals surface area contributed by atoms with Gasteiger partial charge in [-0.2, -0.15) is 0 Å². The number of ether oxygens (including phenoxy) is 1. The van der Waals surface area contributed by atoms with E-state index in [-0.39, 0.29) is 23.9 Å². The molecule has 1 aromatic rings. The van der Waals surface area contributed by atoms with Crippen LogP contribution in [0.1, 0.15) is 42.1 Å². The first-order chi connectivity index (χ1) is 8.75. The van der Waals surface area contributed by atoms with E-state index < -0.39 is 0 Å². The molecule has 2 aliphatic rings. The Bertz CT molecular complexity index is 443. The Hall–Kier alpha value is -1.43. The Labute approximate surface area is 106 Å². The van der Waals surface area contributed by atoms with Crippen molar-refractivity contribution in [2.75, 3.05) is 13.2 Å². The normalized spacial score (nSPS) is 27.9. The number of hydrogen-bond acceptors (Lipinski definition) is 4. The Morgan fingerprint density at radius 2 is 2.28 bits per heavy atom. The first-order valence-electron chi connectivity index (χ1n) is 6.57. The molecule has 6 nitrogen and oxygen atoms in total. The first-order valence-corrected chi connectivity index (χ1v) is 6.57. The molecule has 6 heteroatoms. The zero-order valence-electron chi connectivity index (χ0n) is 10.6. The molecule has 0 spiro atoms. The van der Waals surface area contributed by atoms with Crippen molar-refractivity contribution in [3.8, 4) is 0 Å². The largest absolute Gasteiger partial charge is 0.374 e. The van der Waals surface area contributed by atoms with E-state index in [2.05, 4.69) is 15.2 Å². The quantitative estimate of drug-likeness (QED) is 0.803. The van der Waals surface area contributed by atoms with Gasteiger partial charge < -0.3 is 9.64 Å². The lowest BCUT2D eigenvalue weighted by Gasteiger charge is -2.43. The smallest absolute Gasteiger partial charge is 0.293 e. The Balaban J connectivity index is 1.79. The number of aromatic nitrogens is 3. The highest BCUT2D eigenvalue weighted by Crippen LogP contribution is 2.29. The molecule has 0 bridgehead atoms. The van der Waals surface area contributed by atoms with Gasteiger partial charge in [-0.05, 0) is 19.8 Å². The van der Waals surface area contributed by atoms with E-state index in [1.54, 1.807) is 6.92 Å². The van der Waals surface area contributed by atoms with Crippen LogP contribution in [0, 0.1) is 6.92 Å². The molecule has 2 fully saturated rings. The van der Waals surface area contributed by atoms with E-state index >= 15 is 0 Å². The van der Waals surface area contributed by atoms with Gasteiger partial charge in [0, 0.05) is 6.54 Å². The van der Waals surface area contributed by atoms with Gasteiger partial charge in [-0.25, -0.2) is 4.98 Å². The minimum Gasteiger partial charge on any atom is -0.374 e. The first kappa shape index (κ1) is 11.6. The highest BCUT2D eigenvalue weighted by Gasteiger charge is 2.37. The molecule has 1 saturated carbocycles. The van der Waals surface area contributed by atoms with Gasteiger partial charge in [0.15, 0.2) is 0 Å². The molecular weight excluding hydrogens is 232 g/mol. The number of aromatic amines is 1. The van der Waals surface area contributed by atoms with Crippen LogP contribution in [0.25, 0.3) is 0 Å². The zero-order valence-corrected chi connectivity index (χ0v) is 10.6. The molecule has 1 aromatic heterocycles. The number of carbonyl (C=O) groups excluding carboxylic acids is 1. The number of H-pyrrole nitrogens is 1. The Morgan fingerprint density at radius 3 is 3.06 bits per heavy atom. The molecule has 1 amide bonds. The van der Waals surface area contributed by atoms with Crippen molar-refractivity contribution in [3.05, 3.63) is 11.6 Å². The predicted molar refractivity (Wildman–Crippen MR) is 64.2 cm³/mol. The van der Waals surface area contributed by atoms with Crippen LogP contribution in [0.3, 0.4) is 0 Å². The van der Waals surface area contributed by atoms with Crippen molar-refractivity contribution in [3.63, 3.8) is 0 Å². The third kappa shape index (κ3) is 2.01. The van der Waals surface area contributed by atoms with E-state index in [0.29, 0.717) is 19.0 Å². The van der Waals surface area contributed by atoms with E-state index in [0.717, 1.165) is 12.8 Å². The molecule has 2 heterocycles. The summed E-state index contributed by atoms with van der Waals surface area (Å²) in [7, 11) is 0. The molecule has 2 atom stereocenters. The number of amides is 1. The molecule has 1 aliphatic carbocycles. The van der Waals surface area contributed by atoms with E-state index in [4.69, 9.17) is 4.74 Å². The third-order valence-electron chi connectivity index (χ3n) is 3.78. The lowest BCUT2D eigenvalue weighted by molar-refractivity contribution is -0.0755. The number of hydrogen-bond donors (Lipinski definition) is 1. The molecular formula is C12H18N4O2. The van der Waals surface area contributed by atoms with Gasteiger partial charge in [-0.1, -0.05) is 12.8 Å². The maximum atomic E-state index is 12.4. The lowest BCUT2D eigenvalue weighted by atomic mass is 9.90. The third-order valence-corrected chi connectivity index (χ3v) is 3.78. The average Bonchev–Trinajstić information content (AvgIpc) is 2.84. The topological polar surface area (TPSA) is 71.1 Å². The van der Waals surface area contributed by atoms with E-state index in [1.165, 1.54) is 12.8 Å². The van der Waals surface area contributed by atoms with Crippen LogP contribution in [0.15, 0.2) is 0 Å². The summed E-state index contributed by atoms with van der Waals surface area (Å²) in [6, 6.07) is 0.207.